The molecule has 7 nitrogen and oxygen atoms in total. The molecule has 0 amide bonds. The van der Waals surface area contributed by atoms with Gasteiger partial charge in [-0.3, -0.25) is 9.69 Å². The summed E-state index contributed by atoms with van der Waals surface area (Å²) >= 11 is 1.42. The summed E-state index contributed by atoms with van der Waals surface area (Å²) in [6.45, 7) is 4.03. The lowest BCUT2D eigenvalue weighted by atomic mass is 10.1. The van der Waals surface area contributed by atoms with Crippen LogP contribution in [-0.4, -0.2) is 58.5 Å². The lowest BCUT2D eigenvalue weighted by Gasteiger charge is -2.23. The van der Waals surface area contributed by atoms with Crippen molar-refractivity contribution >= 4 is 17.5 Å². The minimum absolute atomic E-state index is 0.0195. The zero-order valence-corrected chi connectivity index (χ0v) is 20.2. The predicted octanol–water partition coefficient (Wildman–Crippen LogP) is 4.48. The van der Waals surface area contributed by atoms with Gasteiger partial charge in [-0.05, 0) is 44.3 Å². The third-order valence-corrected chi connectivity index (χ3v) is 6.61. The Labute approximate surface area is 199 Å². The number of hydrogen-bond acceptors (Lipinski definition) is 7. The molecule has 174 valence electrons. The van der Waals surface area contributed by atoms with E-state index in [2.05, 4.69) is 52.8 Å². The number of fused-ring (bicyclic) bond motifs is 1. The summed E-state index contributed by atoms with van der Waals surface area (Å²) in [5.74, 6) is 2.53. The van der Waals surface area contributed by atoms with Crippen LogP contribution in [0.5, 0.6) is 11.5 Å². The van der Waals surface area contributed by atoms with E-state index in [1.165, 1.54) is 17.3 Å². The van der Waals surface area contributed by atoms with E-state index in [4.69, 9.17) is 9.47 Å². The van der Waals surface area contributed by atoms with Gasteiger partial charge in [0, 0.05) is 12.0 Å². The van der Waals surface area contributed by atoms with E-state index in [-0.39, 0.29) is 17.6 Å². The topological polar surface area (TPSA) is 69.5 Å². The molecular weight excluding hydrogens is 436 g/mol. The van der Waals surface area contributed by atoms with Gasteiger partial charge in [-0.15, -0.1) is 10.2 Å². The van der Waals surface area contributed by atoms with E-state index in [0.717, 1.165) is 23.8 Å². The van der Waals surface area contributed by atoms with Gasteiger partial charge >= 0.3 is 0 Å². The Morgan fingerprint density at radius 1 is 1.09 bits per heavy atom. The van der Waals surface area contributed by atoms with Crippen LogP contribution < -0.4 is 9.47 Å². The second-order valence-electron chi connectivity index (χ2n) is 8.22. The Kier molecular flexibility index (Phi) is 7.67. The van der Waals surface area contributed by atoms with E-state index >= 15 is 0 Å². The number of ether oxygens (including phenoxy) is 2. The number of carbonyl (C=O) groups is 1. The number of carbonyl (C=O) groups excluding carboxylic acids is 1. The Morgan fingerprint density at radius 3 is 2.58 bits per heavy atom. The number of rotatable bonds is 9. The third-order valence-electron chi connectivity index (χ3n) is 5.64. The maximum atomic E-state index is 13.0. The summed E-state index contributed by atoms with van der Waals surface area (Å²) in [6.07, 6.45) is 1.75. The van der Waals surface area contributed by atoms with Gasteiger partial charge < -0.3 is 14.0 Å². The summed E-state index contributed by atoms with van der Waals surface area (Å²) in [4.78, 5) is 15.1. The van der Waals surface area contributed by atoms with Crippen LogP contribution in [-0.2, 0) is 6.54 Å². The van der Waals surface area contributed by atoms with Crippen LogP contribution >= 0.6 is 11.8 Å². The molecule has 0 spiro atoms. The zero-order chi connectivity index (χ0) is 23.2. The smallest absolute Gasteiger partial charge is 0.192 e. The van der Waals surface area contributed by atoms with E-state index in [9.17, 15) is 4.79 Å². The summed E-state index contributed by atoms with van der Waals surface area (Å²) in [7, 11) is 4.10. The highest BCUT2D eigenvalue weighted by atomic mass is 32.2. The van der Waals surface area contributed by atoms with Crippen molar-refractivity contribution in [1.82, 2.24) is 19.7 Å². The van der Waals surface area contributed by atoms with Crippen molar-refractivity contribution < 1.29 is 14.3 Å². The summed E-state index contributed by atoms with van der Waals surface area (Å²) in [5.41, 5.74) is 1.78. The molecule has 3 aromatic rings. The molecule has 0 saturated heterocycles. The van der Waals surface area contributed by atoms with Crippen LogP contribution in [0.1, 0.15) is 47.6 Å². The SMILES string of the molecule is CC[C@@H](c1nnc(SCC(=O)c2ccc3c(c2)OCCCO3)n1Cc1ccccc1)N(C)C. The Morgan fingerprint density at radius 2 is 1.85 bits per heavy atom. The van der Waals surface area contributed by atoms with Crippen molar-refractivity contribution in [3.05, 3.63) is 65.5 Å². The molecule has 8 heteroatoms. The highest BCUT2D eigenvalue weighted by molar-refractivity contribution is 7.99. The van der Waals surface area contributed by atoms with Gasteiger partial charge in [-0.2, -0.15) is 0 Å². The molecule has 1 aliphatic rings. The van der Waals surface area contributed by atoms with Crippen LogP contribution in [0.3, 0.4) is 0 Å². The van der Waals surface area contributed by atoms with E-state index < -0.39 is 0 Å². The first-order chi connectivity index (χ1) is 16.1. The fourth-order valence-corrected chi connectivity index (χ4v) is 4.74. The molecule has 1 aromatic heterocycles. The third kappa shape index (κ3) is 5.57. The molecule has 0 aliphatic carbocycles. The van der Waals surface area contributed by atoms with Gasteiger partial charge in [0.2, 0.25) is 0 Å². The number of hydrogen-bond donors (Lipinski definition) is 0. The van der Waals surface area contributed by atoms with Crippen LogP contribution in [0.2, 0.25) is 0 Å². The minimum Gasteiger partial charge on any atom is -0.490 e. The largest absolute Gasteiger partial charge is 0.490 e. The molecule has 33 heavy (non-hydrogen) atoms. The second-order valence-corrected chi connectivity index (χ2v) is 9.17. The Hall–Kier alpha value is -2.84. The molecule has 0 radical (unpaired) electrons. The van der Waals surface area contributed by atoms with Crippen molar-refractivity contribution in [1.29, 1.82) is 0 Å². The molecule has 0 unspecified atom stereocenters. The van der Waals surface area contributed by atoms with Crippen molar-refractivity contribution in [3.63, 3.8) is 0 Å². The van der Waals surface area contributed by atoms with Gasteiger partial charge in [-0.25, -0.2) is 0 Å². The van der Waals surface area contributed by atoms with Gasteiger partial charge in [0.25, 0.3) is 0 Å². The second kappa shape index (κ2) is 10.9. The average Bonchev–Trinajstić information content (AvgIpc) is 3.04. The van der Waals surface area contributed by atoms with E-state index in [1.807, 2.05) is 24.3 Å². The zero-order valence-electron chi connectivity index (χ0n) is 19.4. The molecule has 0 saturated carbocycles. The van der Waals surface area contributed by atoms with Crippen LogP contribution in [0, 0.1) is 0 Å². The maximum Gasteiger partial charge on any atom is 0.192 e. The van der Waals surface area contributed by atoms with Gasteiger partial charge in [0.15, 0.2) is 28.3 Å². The first kappa shape index (κ1) is 23.3. The van der Waals surface area contributed by atoms with Crippen LogP contribution in [0.25, 0.3) is 0 Å². The minimum atomic E-state index is 0.0195. The summed E-state index contributed by atoms with van der Waals surface area (Å²) < 4.78 is 13.5. The van der Waals surface area contributed by atoms with Crippen molar-refractivity contribution in [2.75, 3.05) is 33.1 Å². The molecule has 0 fully saturated rings. The fourth-order valence-electron chi connectivity index (χ4n) is 3.90. The Bertz CT molecular complexity index is 1080. The summed E-state index contributed by atoms with van der Waals surface area (Å²) in [5, 5.41) is 9.74. The number of ketones is 1. The predicted molar refractivity (Wildman–Crippen MR) is 129 cm³/mol. The number of nitrogens with zero attached hydrogens (tertiary/aromatic N) is 4. The van der Waals surface area contributed by atoms with Crippen molar-refractivity contribution in [2.24, 2.45) is 0 Å². The fraction of sp³-hybridized carbons (Fsp3) is 0.400. The number of thioether (sulfide) groups is 1. The molecule has 1 atom stereocenters. The van der Waals surface area contributed by atoms with Crippen molar-refractivity contribution in [2.45, 2.75) is 37.5 Å². The highest BCUT2D eigenvalue weighted by Crippen LogP contribution is 2.31. The van der Waals surface area contributed by atoms with Gasteiger partial charge in [-0.1, -0.05) is 49.0 Å². The number of benzene rings is 2. The molecule has 0 N–H and O–H groups in total. The Balaban J connectivity index is 1.54. The van der Waals surface area contributed by atoms with Gasteiger partial charge in [0.1, 0.15) is 0 Å². The average molecular weight is 467 g/mol. The molecule has 2 aromatic carbocycles. The normalized spacial score (nSPS) is 14.2. The number of aromatic nitrogens is 3. The molecule has 1 aliphatic heterocycles. The van der Waals surface area contributed by atoms with E-state index in [0.29, 0.717) is 36.8 Å². The molecule has 2 heterocycles. The first-order valence-corrected chi connectivity index (χ1v) is 12.2. The quantitative estimate of drug-likeness (QED) is 0.340. The maximum absolute atomic E-state index is 13.0. The first-order valence-electron chi connectivity index (χ1n) is 11.3. The molecule has 0 bridgehead atoms. The van der Waals surface area contributed by atoms with Crippen molar-refractivity contribution in [3.8, 4) is 11.5 Å². The molecule has 4 rings (SSSR count). The van der Waals surface area contributed by atoms with Gasteiger partial charge in [0.05, 0.1) is 31.6 Å². The lowest BCUT2D eigenvalue weighted by Crippen LogP contribution is -2.23. The summed E-state index contributed by atoms with van der Waals surface area (Å²) in [6, 6.07) is 15.8. The lowest BCUT2D eigenvalue weighted by molar-refractivity contribution is 0.102. The van der Waals surface area contributed by atoms with E-state index in [1.54, 1.807) is 12.1 Å². The van der Waals surface area contributed by atoms with Crippen LogP contribution in [0.4, 0.5) is 0 Å². The molecular formula is C25H30N4O3S. The standard InChI is InChI=1S/C25H30N4O3S/c1-4-20(28(2)3)24-26-27-25(29(24)16-18-9-6-5-7-10-18)33-17-21(30)19-11-12-22-23(15-19)32-14-8-13-31-22/h5-7,9-12,15,20H,4,8,13-14,16-17H2,1-3H3/t20-/m0/s1. The van der Waals surface area contributed by atoms with Crippen LogP contribution in [0.15, 0.2) is 53.7 Å². The highest BCUT2D eigenvalue weighted by Gasteiger charge is 2.23. The number of Topliss-reactive ketones (excluding diaryl/α,β-unsaturated/α-hetero) is 1. The monoisotopic (exact) mass is 466 g/mol.